The number of amides is 1. The molecule has 0 radical (unpaired) electrons. The van der Waals surface area contributed by atoms with Crippen molar-refractivity contribution in [3.63, 3.8) is 0 Å². The van der Waals surface area contributed by atoms with Crippen molar-refractivity contribution in [3.8, 4) is 5.75 Å². The Labute approximate surface area is 165 Å². The zero-order valence-corrected chi connectivity index (χ0v) is 15.7. The van der Waals surface area contributed by atoms with Crippen molar-refractivity contribution in [2.24, 2.45) is 0 Å². The van der Waals surface area contributed by atoms with E-state index in [9.17, 15) is 4.79 Å². The van der Waals surface area contributed by atoms with Crippen LogP contribution in [0.15, 0.2) is 78.9 Å². The minimum atomic E-state index is -0.315. The summed E-state index contributed by atoms with van der Waals surface area (Å²) in [6.45, 7) is 1.43. The maximum atomic E-state index is 12.7. The van der Waals surface area contributed by atoms with Gasteiger partial charge in [-0.1, -0.05) is 66.7 Å². The van der Waals surface area contributed by atoms with Crippen LogP contribution in [-0.4, -0.2) is 12.6 Å². The van der Waals surface area contributed by atoms with Gasteiger partial charge in [0.25, 0.3) is 0 Å². The van der Waals surface area contributed by atoms with Crippen LogP contribution < -0.4 is 9.64 Å². The summed E-state index contributed by atoms with van der Waals surface area (Å²) in [6.07, 6.45) is 1.57. The van der Waals surface area contributed by atoms with Gasteiger partial charge in [0.15, 0.2) is 0 Å². The largest absolute Gasteiger partial charge is 0.489 e. The lowest BCUT2D eigenvalue weighted by atomic mass is 10.0. The number of benzene rings is 3. The van der Waals surface area contributed by atoms with E-state index in [-0.39, 0.29) is 12.7 Å². The Bertz CT molecular complexity index is 925. The maximum absolute atomic E-state index is 12.7. The number of carbonyl (C=O) groups is 1. The first-order valence-corrected chi connectivity index (χ1v) is 9.57. The first-order valence-electron chi connectivity index (χ1n) is 9.57. The Morgan fingerprint density at radius 3 is 2.25 bits per heavy atom. The first kappa shape index (κ1) is 18.1. The van der Waals surface area contributed by atoms with E-state index in [1.807, 2.05) is 78.9 Å². The second kappa shape index (κ2) is 8.61. The van der Waals surface area contributed by atoms with Crippen molar-refractivity contribution < 1.29 is 14.3 Å². The van der Waals surface area contributed by atoms with Crippen LogP contribution in [-0.2, 0) is 24.4 Å². The minimum absolute atomic E-state index is 0.274. The third-order valence-corrected chi connectivity index (χ3v) is 4.85. The molecule has 3 aromatic carbocycles. The highest BCUT2D eigenvalue weighted by molar-refractivity contribution is 5.89. The Kier molecular flexibility index (Phi) is 5.57. The molecule has 0 spiro atoms. The van der Waals surface area contributed by atoms with E-state index in [0.717, 1.165) is 41.0 Å². The highest BCUT2D eigenvalue weighted by Gasteiger charge is 2.24. The standard InChI is InChI=1S/C24H23NO3/c26-24(28-18-20-10-5-2-6-11-20)25-15-7-12-21-13-14-22(16-23(21)25)27-17-19-8-3-1-4-9-19/h1-6,8-11,13-14,16H,7,12,15,17-18H2. The fraction of sp³-hybridized carbons (Fsp3) is 0.208. The van der Waals surface area contributed by atoms with Crippen LogP contribution in [0.2, 0.25) is 0 Å². The van der Waals surface area contributed by atoms with E-state index in [0.29, 0.717) is 13.2 Å². The predicted octanol–water partition coefficient (Wildman–Crippen LogP) is 5.36. The van der Waals surface area contributed by atoms with Crippen LogP contribution in [0.5, 0.6) is 5.75 Å². The zero-order chi connectivity index (χ0) is 19.2. The number of ether oxygens (including phenoxy) is 2. The van der Waals surface area contributed by atoms with Gasteiger partial charge in [-0.2, -0.15) is 0 Å². The molecule has 0 aliphatic carbocycles. The SMILES string of the molecule is O=C(OCc1ccccc1)N1CCCc2ccc(OCc3ccccc3)cc21. The summed E-state index contributed by atoms with van der Waals surface area (Å²) in [5, 5.41) is 0. The molecule has 0 unspecified atom stereocenters. The van der Waals surface area contributed by atoms with Gasteiger partial charge in [-0.15, -0.1) is 0 Å². The van der Waals surface area contributed by atoms with Gasteiger partial charge in [-0.25, -0.2) is 4.79 Å². The molecule has 0 fully saturated rings. The Hall–Kier alpha value is -3.27. The van der Waals surface area contributed by atoms with Crippen LogP contribution in [0.4, 0.5) is 10.5 Å². The second-order valence-corrected chi connectivity index (χ2v) is 6.86. The Morgan fingerprint density at radius 1 is 0.857 bits per heavy atom. The minimum Gasteiger partial charge on any atom is -0.489 e. The lowest BCUT2D eigenvalue weighted by Crippen LogP contribution is -2.35. The molecule has 4 heteroatoms. The molecule has 3 aromatic rings. The van der Waals surface area contributed by atoms with Crippen molar-refractivity contribution in [2.45, 2.75) is 26.1 Å². The molecule has 0 bridgehead atoms. The topological polar surface area (TPSA) is 38.8 Å². The average Bonchev–Trinajstić information content (AvgIpc) is 2.77. The number of nitrogens with zero attached hydrogens (tertiary/aromatic N) is 1. The van der Waals surface area contributed by atoms with Crippen LogP contribution in [0, 0.1) is 0 Å². The highest BCUT2D eigenvalue weighted by atomic mass is 16.6. The van der Waals surface area contributed by atoms with Crippen LogP contribution in [0.1, 0.15) is 23.1 Å². The van der Waals surface area contributed by atoms with Crippen molar-refractivity contribution in [3.05, 3.63) is 95.6 Å². The van der Waals surface area contributed by atoms with Crippen molar-refractivity contribution in [2.75, 3.05) is 11.4 Å². The first-order chi connectivity index (χ1) is 13.8. The number of anilines is 1. The highest BCUT2D eigenvalue weighted by Crippen LogP contribution is 2.32. The van der Waals surface area contributed by atoms with Gasteiger partial charge in [0, 0.05) is 12.6 Å². The summed E-state index contributed by atoms with van der Waals surface area (Å²) in [7, 11) is 0. The van der Waals surface area contributed by atoms with Gasteiger partial charge < -0.3 is 9.47 Å². The summed E-state index contributed by atoms with van der Waals surface area (Å²) >= 11 is 0. The summed E-state index contributed by atoms with van der Waals surface area (Å²) < 4.78 is 11.5. The molecule has 0 aromatic heterocycles. The molecule has 1 aliphatic rings. The average molecular weight is 373 g/mol. The smallest absolute Gasteiger partial charge is 0.414 e. The van der Waals surface area contributed by atoms with E-state index in [4.69, 9.17) is 9.47 Å². The lowest BCUT2D eigenvalue weighted by Gasteiger charge is -2.29. The van der Waals surface area contributed by atoms with Crippen molar-refractivity contribution >= 4 is 11.8 Å². The summed E-state index contributed by atoms with van der Waals surface area (Å²) in [4.78, 5) is 14.4. The summed E-state index contributed by atoms with van der Waals surface area (Å²) in [5.41, 5.74) is 4.12. The summed E-state index contributed by atoms with van der Waals surface area (Å²) in [5.74, 6) is 0.755. The van der Waals surface area contributed by atoms with Crippen LogP contribution in [0.3, 0.4) is 0 Å². The van der Waals surface area contributed by atoms with Gasteiger partial charge in [-0.3, -0.25) is 4.90 Å². The molecular weight excluding hydrogens is 350 g/mol. The monoisotopic (exact) mass is 373 g/mol. The number of aryl methyl sites for hydroxylation is 1. The number of hydrogen-bond acceptors (Lipinski definition) is 3. The molecule has 28 heavy (non-hydrogen) atoms. The molecule has 0 saturated heterocycles. The van der Waals surface area contributed by atoms with Gasteiger partial charge in [-0.05, 0) is 35.6 Å². The van der Waals surface area contributed by atoms with Gasteiger partial charge in [0.2, 0.25) is 0 Å². The third kappa shape index (κ3) is 4.34. The lowest BCUT2D eigenvalue weighted by molar-refractivity contribution is 0.146. The van der Waals surface area contributed by atoms with E-state index in [1.165, 1.54) is 0 Å². The molecule has 0 saturated carbocycles. The molecule has 0 atom stereocenters. The molecule has 1 aliphatic heterocycles. The predicted molar refractivity (Wildman–Crippen MR) is 110 cm³/mol. The number of hydrogen-bond donors (Lipinski definition) is 0. The fourth-order valence-electron chi connectivity index (χ4n) is 3.37. The number of carbonyl (C=O) groups excluding carboxylic acids is 1. The second-order valence-electron chi connectivity index (χ2n) is 6.86. The molecular formula is C24H23NO3. The van der Waals surface area contributed by atoms with Crippen LogP contribution >= 0.6 is 0 Å². The fourth-order valence-corrected chi connectivity index (χ4v) is 3.37. The quantitative estimate of drug-likeness (QED) is 0.605. The number of rotatable bonds is 5. The van der Waals surface area contributed by atoms with E-state index < -0.39 is 0 Å². The molecule has 0 N–H and O–H groups in total. The molecule has 4 rings (SSSR count). The summed E-state index contributed by atoms with van der Waals surface area (Å²) in [6, 6.07) is 25.7. The normalized spacial score (nSPS) is 12.9. The third-order valence-electron chi connectivity index (χ3n) is 4.85. The maximum Gasteiger partial charge on any atom is 0.414 e. The van der Waals surface area contributed by atoms with Crippen molar-refractivity contribution in [1.82, 2.24) is 0 Å². The van der Waals surface area contributed by atoms with Crippen LogP contribution in [0.25, 0.3) is 0 Å². The molecule has 1 amide bonds. The van der Waals surface area contributed by atoms with E-state index >= 15 is 0 Å². The Balaban J connectivity index is 1.45. The molecule has 142 valence electrons. The van der Waals surface area contributed by atoms with Gasteiger partial charge in [0.1, 0.15) is 19.0 Å². The van der Waals surface area contributed by atoms with E-state index in [1.54, 1.807) is 4.90 Å². The number of fused-ring (bicyclic) bond motifs is 1. The van der Waals surface area contributed by atoms with E-state index in [2.05, 4.69) is 0 Å². The molecule has 1 heterocycles. The van der Waals surface area contributed by atoms with Crippen molar-refractivity contribution in [1.29, 1.82) is 0 Å². The molecule has 4 nitrogen and oxygen atoms in total. The zero-order valence-electron chi connectivity index (χ0n) is 15.7. The Morgan fingerprint density at radius 2 is 1.54 bits per heavy atom. The van der Waals surface area contributed by atoms with Gasteiger partial charge in [0.05, 0.1) is 5.69 Å². The van der Waals surface area contributed by atoms with Gasteiger partial charge >= 0.3 is 6.09 Å².